The monoisotopic (exact) mass is 323 g/mol. The zero-order valence-corrected chi connectivity index (χ0v) is 13.1. The molecule has 0 amide bonds. The van der Waals surface area contributed by atoms with Crippen LogP contribution in [-0.2, 0) is 0 Å². The first-order chi connectivity index (χ1) is 9.23. The largest absolute Gasteiger partial charge is 0.495 e. The van der Waals surface area contributed by atoms with E-state index in [1.165, 1.54) is 44.9 Å². The number of hydrogen-bond donors (Lipinski definition) is 1. The normalized spacial score (nSPS) is 24.8. The maximum Gasteiger partial charge on any atom is 0.142 e. The summed E-state index contributed by atoms with van der Waals surface area (Å²) in [6, 6.07) is 6.82. The van der Waals surface area contributed by atoms with Gasteiger partial charge in [-0.15, -0.1) is 0 Å². The van der Waals surface area contributed by atoms with E-state index in [0.717, 1.165) is 15.9 Å². The Hall–Kier alpha value is -0.700. The SMILES string of the molecule is COc1ccc(Br)cc1NC1CCC12CCCCC2. The Morgan fingerprint density at radius 1 is 1.21 bits per heavy atom. The molecule has 1 unspecified atom stereocenters. The molecule has 3 rings (SSSR count). The van der Waals surface area contributed by atoms with Gasteiger partial charge in [0.25, 0.3) is 0 Å². The minimum absolute atomic E-state index is 0.575. The molecule has 1 N–H and O–H groups in total. The van der Waals surface area contributed by atoms with Gasteiger partial charge in [0.05, 0.1) is 12.8 Å². The molecule has 2 saturated carbocycles. The van der Waals surface area contributed by atoms with Crippen molar-refractivity contribution >= 4 is 21.6 Å². The van der Waals surface area contributed by atoms with Crippen molar-refractivity contribution in [1.29, 1.82) is 0 Å². The van der Waals surface area contributed by atoms with Gasteiger partial charge < -0.3 is 10.1 Å². The van der Waals surface area contributed by atoms with E-state index in [1.54, 1.807) is 7.11 Å². The number of hydrogen-bond acceptors (Lipinski definition) is 2. The van der Waals surface area contributed by atoms with Gasteiger partial charge >= 0.3 is 0 Å². The first kappa shape index (κ1) is 13.3. The Kier molecular flexibility index (Phi) is 3.75. The van der Waals surface area contributed by atoms with Crippen molar-refractivity contribution < 1.29 is 4.74 Å². The Balaban J connectivity index is 1.76. The van der Waals surface area contributed by atoms with Crippen molar-refractivity contribution in [1.82, 2.24) is 0 Å². The first-order valence-electron chi connectivity index (χ1n) is 7.34. The molecule has 0 heterocycles. The van der Waals surface area contributed by atoms with Gasteiger partial charge in [-0.25, -0.2) is 0 Å². The molecule has 2 aliphatic rings. The molecule has 2 aliphatic carbocycles. The van der Waals surface area contributed by atoms with Crippen LogP contribution in [0.1, 0.15) is 44.9 Å². The quantitative estimate of drug-likeness (QED) is 0.846. The lowest BCUT2D eigenvalue weighted by molar-refractivity contribution is 0.0570. The molecule has 0 aromatic heterocycles. The third-order valence-electron chi connectivity index (χ3n) is 5.01. The fourth-order valence-electron chi connectivity index (χ4n) is 3.76. The molecule has 0 saturated heterocycles. The third-order valence-corrected chi connectivity index (χ3v) is 5.50. The predicted molar refractivity (Wildman–Crippen MR) is 82.9 cm³/mol. The summed E-state index contributed by atoms with van der Waals surface area (Å²) in [4.78, 5) is 0. The van der Waals surface area contributed by atoms with Crippen LogP contribution in [0.25, 0.3) is 0 Å². The molecule has 2 fully saturated rings. The van der Waals surface area contributed by atoms with Crippen LogP contribution in [0.3, 0.4) is 0 Å². The van der Waals surface area contributed by atoms with Crippen LogP contribution in [0, 0.1) is 5.41 Å². The molecule has 0 bridgehead atoms. The first-order valence-corrected chi connectivity index (χ1v) is 8.13. The highest BCUT2D eigenvalue weighted by Gasteiger charge is 2.46. The average Bonchev–Trinajstić information content (AvgIpc) is 2.45. The molecule has 1 atom stereocenters. The lowest BCUT2D eigenvalue weighted by Crippen LogP contribution is -2.50. The second-order valence-corrected chi connectivity index (χ2v) is 6.92. The molecule has 1 spiro atoms. The molecular formula is C16H22BrNO. The average molecular weight is 324 g/mol. The second kappa shape index (κ2) is 5.35. The molecule has 3 heteroatoms. The maximum absolute atomic E-state index is 5.46. The topological polar surface area (TPSA) is 21.3 Å². The van der Waals surface area contributed by atoms with Crippen molar-refractivity contribution in [2.24, 2.45) is 5.41 Å². The van der Waals surface area contributed by atoms with E-state index in [4.69, 9.17) is 4.74 Å². The van der Waals surface area contributed by atoms with Gasteiger partial charge in [0.1, 0.15) is 5.75 Å². The third kappa shape index (κ3) is 2.49. The molecular weight excluding hydrogens is 302 g/mol. The van der Waals surface area contributed by atoms with E-state index in [1.807, 2.05) is 12.1 Å². The lowest BCUT2D eigenvalue weighted by atomic mass is 9.57. The van der Waals surface area contributed by atoms with Crippen molar-refractivity contribution in [3.8, 4) is 5.75 Å². The van der Waals surface area contributed by atoms with Crippen molar-refractivity contribution in [2.75, 3.05) is 12.4 Å². The minimum atomic E-state index is 0.575. The number of benzene rings is 1. The van der Waals surface area contributed by atoms with Crippen LogP contribution in [0.15, 0.2) is 22.7 Å². The highest BCUT2D eigenvalue weighted by molar-refractivity contribution is 9.10. The number of methoxy groups -OCH3 is 1. The molecule has 2 nitrogen and oxygen atoms in total. The minimum Gasteiger partial charge on any atom is -0.495 e. The fourth-order valence-corrected chi connectivity index (χ4v) is 4.12. The van der Waals surface area contributed by atoms with Gasteiger partial charge in [-0.05, 0) is 49.3 Å². The van der Waals surface area contributed by atoms with Gasteiger partial charge in [-0.1, -0.05) is 35.2 Å². The summed E-state index contributed by atoms with van der Waals surface area (Å²) in [5, 5.41) is 3.74. The Labute approximate surface area is 124 Å². The standard InChI is InChI=1S/C16H22BrNO/c1-19-14-6-5-12(17)11-13(14)18-15-7-10-16(15)8-3-2-4-9-16/h5-6,11,15,18H,2-4,7-10H2,1H3. The molecule has 1 aromatic rings. The van der Waals surface area contributed by atoms with Crippen LogP contribution in [0.2, 0.25) is 0 Å². The summed E-state index contributed by atoms with van der Waals surface area (Å²) in [5.41, 5.74) is 1.71. The van der Waals surface area contributed by atoms with E-state index in [2.05, 4.69) is 27.3 Å². The van der Waals surface area contributed by atoms with E-state index in [9.17, 15) is 0 Å². The summed E-state index contributed by atoms with van der Waals surface area (Å²) in [7, 11) is 1.74. The highest BCUT2D eigenvalue weighted by Crippen LogP contribution is 2.53. The van der Waals surface area contributed by atoms with Crippen molar-refractivity contribution in [3.63, 3.8) is 0 Å². The van der Waals surface area contributed by atoms with Gasteiger partial charge in [-0.3, -0.25) is 0 Å². The number of ether oxygens (including phenoxy) is 1. The highest BCUT2D eigenvalue weighted by atomic mass is 79.9. The van der Waals surface area contributed by atoms with Gasteiger partial charge in [-0.2, -0.15) is 0 Å². The van der Waals surface area contributed by atoms with Crippen LogP contribution >= 0.6 is 15.9 Å². The number of nitrogens with one attached hydrogen (secondary N) is 1. The second-order valence-electron chi connectivity index (χ2n) is 6.00. The molecule has 1 aromatic carbocycles. The van der Waals surface area contributed by atoms with E-state index in [0.29, 0.717) is 11.5 Å². The zero-order valence-electron chi connectivity index (χ0n) is 11.5. The van der Waals surface area contributed by atoms with E-state index >= 15 is 0 Å². The molecule has 0 radical (unpaired) electrons. The smallest absolute Gasteiger partial charge is 0.142 e. The fraction of sp³-hybridized carbons (Fsp3) is 0.625. The van der Waals surface area contributed by atoms with Gasteiger partial charge in [0.2, 0.25) is 0 Å². The summed E-state index contributed by atoms with van der Waals surface area (Å²) in [6.07, 6.45) is 9.76. The van der Waals surface area contributed by atoms with Gasteiger partial charge in [0.15, 0.2) is 0 Å². The Bertz CT molecular complexity index is 454. The Morgan fingerprint density at radius 3 is 2.63 bits per heavy atom. The summed E-state index contributed by atoms with van der Waals surface area (Å²) in [6.45, 7) is 0. The Morgan fingerprint density at radius 2 is 2.00 bits per heavy atom. The summed E-state index contributed by atoms with van der Waals surface area (Å²) >= 11 is 3.55. The molecule has 19 heavy (non-hydrogen) atoms. The number of rotatable bonds is 3. The molecule has 0 aliphatic heterocycles. The summed E-state index contributed by atoms with van der Waals surface area (Å²) < 4.78 is 6.57. The number of halogens is 1. The zero-order chi connectivity index (χ0) is 13.3. The van der Waals surface area contributed by atoms with Crippen molar-refractivity contribution in [2.45, 2.75) is 51.0 Å². The maximum atomic E-state index is 5.46. The molecule has 104 valence electrons. The van der Waals surface area contributed by atoms with Crippen LogP contribution in [-0.4, -0.2) is 13.2 Å². The van der Waals surface area contributed by atoms with E-state index in [-0.39, 0.29) is 0 Å². The number of anilines is 1. The van der Waals surface area contributed by atoms with Crippen LogP contribution in [0.4, 0.5) is 5.69 Å². The predicted octanol–water partition coefficient (Wildman–Crippen LogP) is 4.98. The van der Waals surface area contributed by atoms with Crippen LogP contribution < -0.4 is 10.1 Å². The van der Waals surface area contributed by atoms with E-state index < -0.39 is 0 Å². The van der Waals surface area contributed by atoms with Gasteiger partial charge in [0, 0.05) is 10.5 Å². The van der Waals surface area contributed by atoms with Crippen LogP contribution in [0.5, 0.6) is 5.75 Å². The lowest BCUT2D eigenvalue weighted by Gasteiger charge is -2.52. The summed E-state index contributed by atoms with van der Waals surface area (Å²) in [5.74, 6) is 0.945. The van der Waals surface area contributed by atoms with Crippen molar-refractivity contribution in [3.05, 3.63) is 22.7 Å².